The molecular weight excluding hydrogens is 540 g/mol. The molecule has 208 valence electrons. The molecule has 0 aliphatic carbocycles. The number of fused-ring (bicyclic) bond motifs is 6. The van der Waals surface area contributed by atoms with E-state index in [2.05, 4.69) is 17.0 Å². The van der Waals surface area contributed by atoms with Crippen LogP contribution < -0.4 is 10.5 Å². The summed E-state index contributed by atoms with van der Waals surface area (Å²) in [7, 11) is 1.54. The predicted molar refractivity (Wildman–Crippen MR) is 153 cm³/mol. The average Bonchev–Trinajstić information content (AvgIpc) is 3.55. The number of hydrogen-bond donors (Lipinski definition) is 0. The molecule has 6 rings (SSSR count). The Morgan fingerprint density at radius 2 is 1.90 bits per heavy atom. The van der Waals surface area contributed by atoms with E-state index in [1.807, 2.05) is 31.2 Å². The van der Waals surface area contributed by atoms with Crippen LogP contribution in [-0.4, -0.2) is 45.4 Å². The van der Waals surface area contributed by atoms with Crippen LogP contribution in [0.25, 0.3) is 10.8 Å². The maximum atomic E-state index is 14.2. The van der Waals surface area contributed by atoms with Crippen molar-refractivity contribution in [3.8, 4) is 18.4 Å². The molecule has 3 aliphatic heterocycles. The van der Waals surface area contributed by atoms with Gasteiger partial charge in [-0.05, 0) is 38.3 Å². The fourth-order valence-electron chi connectivity index (χ4n) is 6.90. The fraction of sp³-hybridized carbons (Fsp3) is 0.387. The molecule has 0 radical (unpaired) electrons. The lowest BCUT2D eigenvalue weighted by molar-refractivity contribution is -0.130. The number of hydrogen-bond acceptors (Lipinski definition) is 8. The van der Waals surface area contributed by atoms with Crippen molar-refractivity contribution in [3.63, 3.8) is 0 Å². The number of benzene rings is 2. The van der Waals surface area contributed by atoms with Gasteiger partial charge in [-0.15, -0.1) is 6.42 Å². The van der Waals surface area contributed by atoms with E-state index in [-0.39, 0.29) is 30.5 Å². The molecule has 3 fully saturated rings. The third kappa shape index (κ3) is 4.17. The van der Waals surface area contributed by atoms with Gasteiger partial charge in [-0.3, -0.25) is 19.0 Å². The minimum Gasteiger partial charge on any atom is -0.378 e. The van der Waals surface area contributed by atoms with Gasteiger partial charge in [0.2, 0.25) is 11.8 Å². The Bertz CT molecular complexity index is 1740. The standard InChI is InChI=1S/C31H28N4O5S/c1-4-15-41-29-33-20(18-39-3)16-24(36)34(29)14-13-31-12-11-30(2,40-31)25-26(31)28(38)35(27(25)37)23-10-9-19(17-32)21-7-5-6-8-22(21)23/h1,5-10,16,25-26H,11-15,18H2,2-3H3/t25-,26+,30-,31-/m1/s1. The molecule has 3 saturated heterocycles. The van der Waals surface area contributed by atoms with Crippen molar-refractivity contribution >= 4 is 40.0 Å². The summed E-state index contributed by atoms with van der Waals surface area (Å²) in [5.74, 6) is 1.01. The van der Waals surface area contributed by atoms with Crippen LogP contribution in [0.5, 0.6) is 0 Å². The van der Waals surface area contributed by atoms with Crippen molar-refractivity contribution in [2.24, 2.45) is 11.8 Å². The van der Waals surface area contributed by atoms with E-state index in [1.54, 1.807) is 16.7 Å². The zero-order valence-electron chi connectivity index (χ0n) is 22.8. The average molecular weight is 569 g/mol. The molecule has 0 saturated carbocycles. The number of thioether (sulfide) groups is 1. The molecule has 0 N–H and O–H groups in total. The van der Waals surface area contributed by atoms with Crippen molar-refractivity contribution in [2.45, 2.75) is 55.7 Å². The maximum Gasteiger partial charge on any atom is 0.254 e. The largest absolute Gasteiger partial charge is 0.378 e. The molecule has 2 amide bonds. The summed E-state index contributed by atoms with van der Waals surface area (Å²) >= 11 is 1.29. The minimum atomic E-state index is -0.901. The first-order chi connectivity index (χ1) is 19.8. The summed E-state index contributed by atoms with van der Waals surface area (Å²) < 4.78 is 13.3. The zero-order chi connectivity index (χ0) is 28.9. The molecular formula is C31H28N4O5S. The first-order valence-electron chi connectivity index (χ1n) is 13.4. The third-order valence-corrected chi connectivity index (χ3v) is 9.52. The molecule has 41 heavy (non-hydrogen) atoms. The van der Waals surface area contributed by atoms with Gasteiger partial charge in [0.05, 0.1) is 58.4 Å². The number of amides is 2. The maximum absolute atomic E-state index is 14.2. The number of aromatic nitrogens is 2. The van der Waals surface area contributed by atoms with Crippen LogP contribution in [0.3, 0.4) is 0 Å². The van der Waals surface area contributed by atoms with Crippen LogP contribution in [0.1, 0.15) is 37.4 Å². The molecule has 10 heteroatoms. The number of nitrogens with zero attached hydrogens (tertiary/aromatic N) is 4. The number of rotatable bonds is 8. The van der Waals surface area contributed by atoms with Gasteiger partial charge < -0.3 is 9.47 Å². The third-order valence-electron chi connectivity index (χ3n) is 8.64. The van der Waals surface area contributed by atoms with Gasteiger partial charge in [-0.1, -0.05) is 41.9 Å². The molecule has 2 aromatic carbocycles. The Morgan fingerprint density at radius 1 is 1.15 bits per heavy atom. The molecule has 4 atom stereocenters. The Morgan fingerprint density at radius 3 is 2.63 bits per heavy atom. The fourth-order valence-corrected chi connectivity index (χ4v) is 7.63. The predicted octanol–water partition coefficient (Wildman–Crippen LogP) is 3.66. The molecule has 3 aliphatic rings. The summed E-state index contributed by atoms with van der Waals surface area (Å²) in [6.07, 6.45) is 7.07. The number of anilines is 1. The van der Waals surface area contributed by atoms with E-state index in [1.165, 1.54) is 29.8 Å². The zero-order valence-corrected chi connectivity index (χ0v) is 23.6. The number of carbonyl (C=O) groups excluding carboxylic acids is 2. The number of terminal acetylenes is 1. The highest BCUT2D eigenvalue weighted by atomic mass is 32.2. The van der Waals surface area contributed by atoms with Gasteiger partial charge >= 0.3 is 0 Å². The van der Waals surface area contributed by atoms with E-state index in [0.717, 1.165) is 0 Å². The summed E-state index contributed by atoms with van der Waals surface area (Å²) in [5, 5.41) is 11.4. The summed E-state index contributed by atoms with van der Waals surface area (Å²) in [6.45, 7) is 2.37. The Kier molecular flexibility index (Phi) is 6.74. The number of imide groups is 1. The number of ether oxygens (including phenoxy) is 2. The number of methoxy groups -OCH3 is 1. The summed E-state index contributed by atoms with van der Waals surface area (Å²) in [5.41, 5.74) is -0.464. The van der Waals surface area contributed by atoms with Crippen LogP contribution in [0.4, 0.5) is 5.69 Å². The van der Waals surface area contributed by atoms with Crippen molar-refractivity contribution in [3.05, 3.63) is 64.1 Å². The van der Waals surface area contributed by atoms with Crippen molar-refractivity contribution in [1.29, 1.82) is 5.26 Å². The second kappa shape index (κ2) is 10.1. The van der Waals surface area contributed by atoms with E-state index >= 15 is 0 Å². The van der Waals surface area contributed by atoms with Crippen LogP contribution in [0.2, 0.25) is 0 Å². The Balaban J connectivity index is 1.36. The second-order valence-electron chi connectivity index (χ2n) is 10.9. The van der Waals surface area contributed by atoms with Gasteiger partial charge in [-0.25, -0.2) is 9.88 Å². The monoisotopic (exact) mass is 568 g/mol. The SMILES string of the molecule is C#CCSc1nc(COC)cc(=O)n1CC[C@@]12CC[C@@](C)(O1)[C@H]1C(=O)N(c3ccc(C#N)c4ccccc34)C(=O)[C@H]12. The molecule has 0 unspecified atom stereocenters. The molecule has 0 spiro atoms. The summed E-state index contributed by atoms with van der Waals surface area (Å²) in [6, 6.07) is 14.3. The highest BCUT2D eigenvalue weighted by Crippen LogP contribution is 2.62. The van der Waals surface area contributed by atoms with Gasteiger partial charge in [0.1, 0.15) is 0 Å². The summed E-state index contributed by atoms with van der Waals surface area (Å²) in [4.78, 5) is 47.2. The molecule has 4 heterocycles. The number of nitriles is 1. The number of carbonyl (C=O) groups is 2. The molecule has 3 aromatic rings. The first kappa shape index (κ1) is 27.2. The first-order valence-corrected chi connectivity index (χ1v) is 14.4. The Labute approximate surface area is 241 Å². The lowest BCUT2D eigenvalue weighted by Gasteiger charge is -2.31. The smallest absolute Gasteiger partial charge is 0.254 e. The van der Waals surface area contributed by atoms with Gasteiger partial charge in [0, 0.05) is 30.5 Å². The minimum absolute atomic E-state index is 0.200. The van der Waals surface area contributed by atoms with E-state index in [4.69, 9.17) is 15.9 Å². The van der Waals surface area contributed by atoms with Crippen LogP contribution in [-0.2, 0) is 32.2 Å². The van der Waals surface area contributed by atoms with Crippen LogP contribution in [0.15, 0.2) is 52.4 Å². The lowest BCUT2D eigenvalue weighted by Crippen LogP contribution is -2.43. The van der Waals surface area contributed by atoms with Crippen LogP contribution >= 0.6 is 11.8 Å². The van der Waals surface area contributed by atoms with Gasteiger partial charge in [0.25, 0.3) is 5.56 Å². The highest BCUT2D eigenvalue weighted by molar-refractivity contribution is 7.99. The van der Waals surface area contributed by atoms with Crippen molar-refractivity contribution < 1.29 is 19.1 Å². The quantitative estimate of drug-likeness (QED) is 0.175. The normalized spacial score (nSPS) is 26.4. The van der Waals surface area contributed by atoms with E-state index in [0.29, 0.717) is 57.9 Å². The lowest BCUT2D eigenvalue weighted by atomic mass is 9.67. The highest BCUT2D eigenvalue weighted by Gasteiger charge is 2.73. The van der Waals surface area contributed by atoms with E-state index in [9.17, 15) is 19.6 Å². The van der Waals surface area contributed by atoms with E-state index < -0.39 is 23.0 Å². The second-order valence-corrected chi connectivity index (χ2v) is 11.9. The molecule has 2 bridgehead atoms. The molecule has 9 nitrogen and oxygen atoms in total. The molecule has 1 aromatic heterocycles. The Hall–Kier alpha value is -3.96. The van der Waals surface area contributed by atoms with Gasteiger partial charge in [0.15, 0.2) is 5.16 Å². The topological polar surface area (TPSA) is 115 Å². The van der Waals surface area contributed by atoms with Crippen molar-refractivity contribution in [1.82, 2.24) is 9.55 Å². The van der Waals surface area contributed by atoms with Crippen LogP contribution in [0, 0.1) is 35.5 Å². The van der Waals surface area contributed by atoms with Gasteiger partial charge in [-0.2, -0.15) is 5.26 Å². The van der Waals surface area contributed by atoms with Crippen molar-refractivity contribution in [2.75, 3.05) is 17.8 Å².